The summed E-state index contributed by atoms with van der Waals surface area (Å²) in [6.07, 6.45) is 2.30. The minimum Gasteiger partial charge on any atom is -0.495 e. The summed E-state index contributed by atoms with van der Waals surface area (Å²) in [6.45, 7) is 8.01. The summed E-state index contributed by atoms with van der Waals surface area (Å²) < 4.78 is 31.7. The average molecular weight is 518 g/mol. The van der Waals surface area contributed by atoms with Crippen LogP contribution in [0.5, 0.6) is 5.75 Å². The molecule has 2 aromatic rings. The summed E-state index contributed by atoms with van der Waals surface area (Å²) in [7, 11) is -2.12. The zero-order valence-corrected chi connectivity index (χ0v) is 23.0. The molecule has 2 unspecified atom stereocenters. The molecule has 0 saturated heterocycles. The van der Waals surface area contributed by atoms with Crippen molar-refractivity contribution >= 4 is 27.5 Å². The van der Waals surface area contributed by atoms with Crippen molar-refractivity contribution in [1.82, 2.24) is 10.2 Å². The maximum absolute atomic E-state index is 13.4. The molecule has 0 aliphatic rings. The Balaban J connectivity index is 2.21. The number of para-hydroxylation sites is 2. The third-order valence-corrected chi connectivity index (χ3v) is 7.46. The largest absolute Gasteiger partial charge is 0.495 e. The van der Waals surface area contributed by atoms with Gasteiger partial charge in [0.05, 0.1) is 19.1 Å². The van der Waals surface area contributed by atoms with Gasteiger partial charge in [0.15, 0.2) is 0 Å². The molecule has 0 radical (unpaired) electrons. The minimum atomic E-state index is -3.60. The van der Waals surface area contributed by atoms with Gasteiger partial charge in [0.25, 0.3) is 0 Å². The fourth-order valence-electron chi connectivity index (χ4n) is 3.84. The molecule has 2 atom stereocenters. The van der Waals surface area contributed by atoms with Crippen molar-refractivity contribution in [2.24, 2.45) is 0 Å². The second-order valence-corrected chi connectivity index (χ2v) is 11.0. The molecular formula is C27H39N3O5S. The number of nitrogens with zero attached hydrogens (tertiary/aromatic N) is 2. The monoisotopic (exact) mass is 517 g/mol. The summed E-state index contributed by atoms with van der Waals surface area (Å²) in [5, 5.41) is 2.96. The average Bonchev–Trinajstić information content (AvgIpc) is 2.84. The van der Waals surface area contributed by atoms with Crippen LogP contribution in [0.1, 0.15) is 51.2 Å². The van der Waals surface area contributed by atoms with Gasteiger partial charge < -0.3 is 15.0 Å². The van der Waals surface area contributed by atoms with Crippen molar-refractivity contribution in [1.29, 1.82) is 0 Å². The number of hydrogen-bond donors (Lipinski definition) is 1. The van der Waals surface area contributed by atoms with Crippen LogP contribution in [-0.4, -0.2) is 57.1 Å². The van der Waals surface area contributed by atoms with Crippen molar-refractivity contribution in [2.45, 2.75) is 65.6 Å². The molecule has 2 aromatic carbocycles. The van der Waals surface area contributed by atoms with E-state index >= 15 is 0 Å². The van der Waals surface area contributed by atoms with Gasteiger partial charge in [-0.15, -0.1) is 0 Å². The maximum Gasteiger partial charge on any atom is 0.242 e. The topological polar surface area (TPSA) is 96.0 Å². The lowest BCUT2D eigenvalue weighted by Crippen LogP contribution is -2.49. The number of benzene rings is 2. The number of anilines is 1. The molecule has 0 aliphatic carbocycles. The number of nitrogens with one attached hydrogen (secondary N) is 1. The number of rotatable bonds is 13. The van der Waals surface area contributed by atoms with Crippen LogP contribution in [0.4, 0.5) is 5.69 Å². The maximum atomic E-state index is 13.4. The number of sulfonamides is 1. The van der Waals surface area contributed by atoms with Crippen LogP contribution < -0.4 is 14.4 Å². The van der Waals surface area contributed by atoms with Gasteiger partial charge in [0.1, 0.15) is 11.8 Å². The first-order valence-electron chi connectivity index (χ1n) is 12.2. The van der Waals surface area contributed by atoms with Crippen LogP contribution in [-0.2, 0) is 26.2 Å². The molecule has 198 valence electrons. The molecule has 9 heteroatoms. The minimum absolute atomic E-state index is 0.000430. The highest BCUT2D eigenvalue weighted by atomic mass is 32.2. The number of carbonyl (C=O) groups excluding carboxylic acids is 2. The zero-order chi connectivity index (χ0) is 26.9. The second kappa shape index (κ2) is 13.3. The van der Waals surface area contributed by atoms with Gasteiger partial charge in [0.2, 0.25) is 21.8 Å². The van der Waals surface area contributed by atoms with E-state index in [4.69, 9.17) is 4.74 Å². The van der Waals surface area contributed by atoms with Crippen molar-refractivity contribution < 1.29 is 22.7 Å². The Labute approximate surface area is 215 Å². The standard InChI is InChI=1S/C27H39N3O5S/c1-7-21(3)28-27(32)22(4)29(19-23-14-9-8-13-20(23)2)26(31)17-12-18-30(36(6,33)34)24-15-10-11-16-25(24)35-5/h8-11,13-16,21-22H,7,12,17-19H2,1-6H3,(H,28,32). The van der Waals surface area contributed by atoms with E-state index in [-0.39, 0.29) is 37.2 Å². The molecule has 0 heterocycles. The number of ether oxygens (including phenoxy) is 1. The zero-order valence-electron chi connectivity index (χ0n) is 22.2. The lowest BCUT2D eigenvalue weighted by Gasteiger charge is -2.30. The lowest BCUT2D eigenvalue weighted by molar-refractivity contribution is -0.140. The van der Waals surface area contributed by atoms with Crippen molar-refractivity contribution in [3.8, 4) is 5.75 Å². The van der Waals surface area contributed by atoms with E-state index in [2.05, 4.69) is 5.32 Å². The van der Waals surface area contributed by atoms with E-state index in [9.17, 15) is 18.0 Å². The fourth-order valence-corrected chi connectivity index (χ4v) is 4.81. The predicted molar refractivity (Wildman–Crippen MR) is 144 cm³/mol. The normalized spacial score (nSPS) is 12.9. The molecule has 1 N–H and O–H groups in total. The molecule has 0 aromatic heterocycles. The molecule has 2 amide bonds. The quantitative estimate of drug-likeness (QED) is 0.435. The molecule has 0 bridgehead atoms. The number of carbonyl (C=O) groups is 2. The lowest BCUT2D eigenvalue weighted by atomic mass is 10.1. The molecule has 0 aliphatic heterocycles. The van der Waals surface area contributed by atoms with Gasteiger partial charge in [-0.2, -0.15) is 0 Å². The van der Waals surface area contributed by atoms with Gasteiger partial charge in [-0.3, -0.25) is 13.9 Å². The summed E-state index contributed by atoms with van der Waals surface area (Å²) in [6, 6.07) is 14.0. The first kappa shape index (κ1) is 29.2. The van der Waals surface area contributed by atoms with E-state index in [1.807, 2.05) is 45.0 Å². The Kier molecular flexibility index (Phi) is 10.8. The Morgan fingerprint density at radius 1 is 1.06 bits per heavy atom. The Bertz CT molecular complexity index is 1140. The Morgan fingerprint density at radius 3 is 2.31 bits per heavy atom. The Morgan fingerprint density at radius 2 is 1.69 bits per heavy atom. The van der Waals surface area contributed by atoms with Gasteiger partial charge in [-0.1, -0.05) is 43.3 Å². The first-order chi connectivity index (χ1) is 17.0. The highest BCUT2D eigenvalue weighted by Crippen LogP contribution is 2.29. The van der Waals surface area contributed by atoms with E-state index in [0.717, 1.165) is 23.8 Å². The highest BCUT2D eigenvalue weighted by molar-refractivity contribution is 7.92. The van der Waals surface area contributed by atoms with Crippen LogP contribution in [0.3, 0.4) is 0 Å². The number of amides is 2. The fraction of sp³-hybridized carbons (Fsp3) is 0.481. The number of aryl methyl sites for hydroxylation is 1. The smallest absolute Gasteiger partial charge is 0.242 e. The van der Waals surface area contributed by atoms with Crippen LogP contribution >= 0.6 is 0 Å². The third-order valence-electron chi connectivity index (χ3n) is 6.28. The first-order valence-corrected chi connectivity index (χ1v) is 14.1. The summed E-state index contributed by atoms with van der Waals surface area (Å²) >= 11 is 0. The van der Waals surface area contributed by atoms with Gasteiger partial charge >= 0.3 is 0 Å². The molecule has 2 rings (SSSR count). The van der Waals surface area contributed by atoms with Crippen LogP contribution in [0.2, 0.25) is 0 Å². The number of methoxy groups -OCH3 is 1. The van der Waals surface area contributed by atoms with Gasteiger partial charge in [-0.25, -0.2) is 8.42 Å². The van der Waals surface area contributed by atoms with E-state index in [0.29, 0.717) is 18.0 Å². The highest BCUT2D eigenvalue weighted by Gasteiger charge is 2.28. The van der Waals surface area contributed by atoms with Crippen LogP contribution in [0.25, 0.3) is 0 Å². The van der Waals surface area contributed by atoms with Crippen molar-refractivity contribution in [2.75, 3.05) is 24.2 Å². The third kappa shape index (κ3) is 7.98. The molecule has 0 fully saturated rings. The molecular weight excluding hydrogens is 478 g/mol. The summed E-state index contributed by atoms with van der Waals surface area (Å²) in [5.41, 5.74) is 2.41. The van der Waals surface area contributed by atoms with Gasteiger partial charge in [0, 0.05) is 25.6 Å². The SMILES string of the molecule is CCC(C)NC(=O)C(C)N(Cc1ccccc1C)C(=O)CCCN(c1ccccc1OC)S(C)(=O)=O. The summed E-state index contributed by atoms with van der Waals surface area (Å²) in [4.78, 5) is 27.9. The van der Waals surface area contributed by atoms with Gasteiger partial charge in [-0.05, 0) is 56.9 Å². The predicted octanol–water partition coefficient (Wildman–Crippen LogP) is 3.88. The molecule has 0 spiro atoms. The molecule has 0 saturated carbocycles. The second-order valence-electron chi connectivity index (χ2n) is 9.05. The summed E-state index contributed by atoms with van der Waals surface area (Å²) in [5.74, 6) is 0.0161. The number of hydrogen-bond acceptors (Lipinski definition) is 5. The van der Waals surface area contributed by atoms with Crippen LogP contribution in [0.15, 0.2) is 48.5 Å². The van der Waals surface area contributed by atoms with E-state index in [1.54, 1.807) is 36.1 Å². The Hall–Kier alpha value is -3.07. The van der Waals surface area contributed by atoms with E-state index < -0.39 is 16.1 Å². The van der Waals surface area contributed by atoms with Crippen molar-refractivity contribution in [3.05, 3.63) is 59.7 Å². The van der Waals surface area contributed by atoms with E-state index in [1.165, 1.54) is 11.4 Å². The molecule has 36 heavy (non-hydrogen) atoms. The van der Waals surface area contributed by atoms with Crippen molar-refractivity contribution in [3.63, 3.8) is 0 Å². The van der Waals surface area contributed by atoms with Crippen LogP contribution in [0, 0.1) is 6.92 Å². The molecule has 8 nitrogen and oxygen atoms in total.